The van der Waals surface area contributed by atoms with Crippen LogP contribution in [0.5, 0.6) is 0 Å². The zero-order chi connectivity index (χ0) is 17.9. The maximum atomic E-state index is 10.5. The van der Waals surface area contributed by atoms with Gasteiger partial charge in [0.25, 0.3) is 0 Å². The number of allylic oxidation sites excluding steroid dienone is 4. The van der Waals surface area contributed by atoms with E-state index in [9.17, 15) is 4.79 Å². The number of ether oxygens (including phenoxy) is 1. The van der Waals surface area contributed by atoms with Crippen LogP contribution in [0.1, 0.15) is 64.7 Å². The van der Waals surface area contributed by atoms with Gasteiger partial charge in [-0.15, -0.1) is 0 Å². The standard InChI is InChI=1S/C21H34O3S/c1-2-3-4-9-15-25-16-14-18-17(19-12-13-20(18)24-19)10-7-5-6-8-11-21(22)23/h3-5,7,17-20H,2,6,8-16H2,1H3,(H,22,23)/b4-3?,7-5-/t17-,18+,19-,20+/m1/s1. The lowest BCUT2D eigenvalue weighted by molar-refractivity contribution is -0.137. The molecule has 0 saturated carbocycles. The number of aliphatic carboxylic acids is 1. The molecule has 3 nitrogen and oxygen atoms in total. The fourth-order valence-corrected chi connectivity index (χ4v) is 5.04. The van der Waals surface area contributed by atoms with Crippen LogP contribution in [0.15, 0.2) is 24.3 Å². The molecule has 0 radical (unpaired) electrons. The third-order valence-electron chi connectivity index (χ3n) is 5.35. The molecular formula is C21H34O3S. The highest BCUT2D eigenvalue weighted by atomic mass is 32.2. The van der Waals surface area contributed by atoms with Gasteiger partial charge in [-0.1, -0.05) is 31.2 Å². The van der Waals surface area contributed by atoms with Gasteiger partial charge in [0, 0.05) is 6.42 Å². The number of rotatable bonds is 13. The van der Waals surface area contributed by atoms with Crippen molar-refractivity contribution in [1.29, 1.82) is 0 Å². The van der Waals surface area contributed by atoms with Crippen molar-refractivity contribution in [1.82, 2.24) is 0 Å². The molecule has 0 unspecified atom stereocenters. The third kappa shape index (κ3) is 7.18. The molecule has 25 heavy (non-hydrogen) atoms. The van der Waals surface area contributed by atoms with Crippen LogP contribution >= 0.6 is 11.8 Å². The molecule has 0 amide bonds. The van der Waals surface area contributed by atoms with Crippen molar-refractivity contribution in [3.63, 3.8) is 0 Å². The van der Waals surface area contributed by atoms with Gasteiger partial charge < -0.3 is 9.84 Å². The molecule has 2 heterocycles. The molecular weight excluding hydrogens is 332 g/mol. The first kappa shape index (κ1) is 20.6. The second-order valence-electron chi connectivity index (χ2n) is 7.18. The quantitative estimate of drug-likeness (QED) is 0.347. The van der Waals surface area contributed by atoms with Crippen molar-refractivity contribution < 1.29 is 14.6 Å². The normalized spacial score (nSPS) is 28.5. The number of thioether (sulfide) groups is 1. The van der Waals surface area contributed by atoms with Crippen molar-refractivity contribution in [3.8, 4) is 0 Å². The molecule has 0 spiro atoms. The predicted molar refractivity (Wildman–Crippen MR) is 106 cm³/mol. The lowest BCUT2D eigenvalue weighted by Gasteiger charge is -2.27. The minimum atomic E-state index is -0.697. The molecule has 2 aliphatic heterocycles. The van der Waals surface area contributed by atoms with Gasteiger partial charge in [-0.3, -0.25) is 4.79 Å². The number of unbranched alkanes of at least 4 members (excludes halogenated alkanes) is 1. The van der Waals surface area contributed by atoms with Crippen LogP contribution in [0.3, 0.4) is 0 Å². The molecule has 0 aromatic carbocycles. The van der Waals surface area contributed by atoms with E-state index in [1.807, 2.05) is 0 Å². The fraction of sp³-hybridized carbons (Fsp3) is 0.762. The van der Waals surface area contributed by atoms with E-state index in [0.29, 0.717) is 18.1 Å². The number of carbonyl (C=O) groups is 1. The van der Waals surface area contributed by atoms with Crippen molar-refractivity contribution in [2.75, 3.05) is 11.5 Å². The van der Waals surface area contributed by atoms with Crippen LogP contribution in [-0.2, 0) is 9.53 Å². The van der Waals surface area contributed by atoms with E-state index in [2.05, 4.69) is 43.0 Å². The molecule has 2 bridgehead atoms. The monoisotopic (exact) mass is 366 g/mol. The summed E-state index contributed by atoms with van der Waals surface area (Å²) >= 11 is 2.08. The topological polar surface area (TPSA) is 46.5 Å². The predicted octanol–water partition coefficient (Wildman–Crippen LogP) is 5.46. The molecule has 4 heteroatoms. The van der Waals surface area contributed by atoms with Gasteiger partial charge in [0.05, 0.1) is 12.2 Å². The minimum absolute atomic E-state index is 0.273. The van der Waals surface area contributed by atoms with Gasteiger partial charge >= 0.3 is 5.97 Å². The Bertz CT molecular complexity index is 446. The largest absolute Gasteiger partial charge is 0.481 e. The number of hydrogen-bond acceptors (Lipinski definition) is 3. The summed E-state index contributed by atoms with van der Waals surface area (Å²) in [7, 11) is 0. The van der Waals surface area contributed by atoms with Gasteiger partial charge in [-0.25, -0.2) is 0 Å². The number of hydrogen-bond donors (Lipinski definition) is 1. The first-order chi connectivity index (χ1) is 12.2. The smallest absolute Gasteiger partial charge is 0.303 e. The van der Waals surface area contributed by atoms with Gasteiger partial charge in [0.15, 0.2) is 0 Å². The lowest BCUT2D eigenvalue weighted by atomic mass is 9.76. The van der Waals surface area contributed by atoms with Gasteiger partial charge in [-0.05, 0) is 74.7 Å². The Kier molecular flexibility index (Phi) is 9.70. The van der Waals surface area contributed by atoms with Crippen LogP contribution in [-0.4, -0.2) is 34.8 Å². The summed E-state index contributed by atoms with van der Waals surface area (Å²) in [6, 6.07) is 0. The second kappa shape index (κ2) is 11.8. The average Bonchev–Trinajstić information content (AvgIpc) is 3.19. The van der Waals surface area contributed by atoms with E-state index in [0.717, 1.165) is 31.6 Å². The van der Waals surface area contributed by atoms with Crippen molar-refractivity contribution in [3.05, 3.63) is 24.3 Å². The highest BCUT2D eigenvalue weighted by Crippen LogP contribution is 2.47. The van der Waals surface area contributed by atoms with Crippen LogP contribution in [0.4, 0.5) is 0 Å². The summed E-state index contributed by atoms with van der Waals surface area (Å²) < 4.78 is 6.19. The number of carboxylic acid groups (broad SMARTS) is 1. The van der Waals surface area contributed by atoms with Crippen LogP contribution < -0.4 is 0 Å². The summed E-state index contributed by atoms with van der Waals surface area (Å²) in [5.41, 5.74) is 0. The lowest BCUT2D eigenvalue weighted by Crippen LogP contribution is -2.27. The zero-order valence-corrected chi connectivity index (χ0v) is 16.4. The molecule has 0 aliphatic carbocycles. The van der Waals surface area contributed by atoms with E-state index in [1.165, 1.54) is 37.2 Å². The number of carboxylic acids is 1. The molecule has 4 atom stereocenters. The first-order valence-electron chi connectivity index (χ1n) is 9.97. The highest BCUT2D eigenvalue weighted by Gasteiger charge is 2.47. The summed E-state index contributed by atoms with van der Waals surface area (Å²) in [6.45, 7) is 2.18. The Hall–Kier alpha value is -0.740. The molecule has 1 N–H and O–H groups in total. The van der Waals surface area contributed by atoms with Crippen molar-refractivity contribution >= 4 is 17.7 Å². The summed E-state index contributed by atoms with van der Waals surface area (Å²) in [6.07, 6.45) is 19.0. The minimum Gasteiger partial charge on any atom is -0.481 e. The van der Waals surface area contributed by atoms with Crippen molar-refractivity contribution in [2.24, 2.45) is 11.8 Å². The van der Waals surface area contributed by atoms with E-state index in [1.54, 1.807) is 0 Å². The summed E-state index contributed by atoms with van der Waals surface area (Å²) in [4.78, 5) is 10.5. The van der Waals surface area contributed by atoms with Crippen LogP contribution in [0.25, 0.3) is 0 Å². The Labute approximate surface area is 157 Å². The molecule has 142 valence electrons. The Morgan fingerprint density at radius 2 is 1.84 bits per heavy atom. The van der Waals surface area contributed by atoms with E-state index >= 15 is 0 Å². The Morgan fingerprint density at radius 3 is 2.60 bits per heavy atom. The average molecular weight is 367 g/mol. The van der Waals surface area contributed by atoms with Gasteiger partial charge in [0.2, 0.25) is 0 Å². The zero-order valence-electron chi connectivity index (χ0n) is 15.6. The molecule has 2 fully saturated rings. The maximum Gasteiger partial charge on any atom is 0.303 e. The van der Waals surface area contributed by atoms with E-state index < -0.39 is 5.97 Å². The molecule has 0 aromatic rings. The highest BCUT2D eigenvalue weighted by molar-refractivity contribution is 7.99. The molecule has 2 rings (SSSR count). The van der Waals surface area contributed by atoms with Gasteiger partial charge in [-0.2, -0.15) is 11.8 Å². The van der Waals surface area contributed by atoms with E-state index in [4.69, 9.17) is 9.84 Å². The fourth-order valence-electron chi connectivity index (χ4n) is 4.10. The third-order valence-corrected chi connectivity index (χ3v) is 6.40. The summed E-state index contributed by atoms with van der Waals surface area (Å²) in [5.74, 6) is 3.18. The molecule has 2 saturated heterocycles. The first-order valence-corrected chi connectivity index (χ1v) is 11.1. The van der Waals surface area contributed by atoms with Crippen LogP contribution in [0, 0.1) is 11.8 Å². The van der Waals surface area contributed by atoms with Crippen molar-refractivity contribution in [2.45, 2.75) is 76.9 Å². The maximum absolute atomic E-state index is 10.5. The number of fused-ring (bicyclic) bond motifs is 2. The Balaban J connectivity index is 1.65. The van der Waals surface area contributed by atoms with Gasteiger partial charge in [0.1, 0.15) is 0 Å². The van der Waals surface area contributed by atoms with Crippen LogP contribution in [0.2, 0.25) is 0 Å². The van der Waals surface area contributed by atoms with E-state index in [-0.39, 0.29) is 6.42 Å². The molecule has 0 aromatic heterocycles. The summed E-state index contributed by atoms with van der Waals surface area (Å²) in [5, 5.41) is 8.67. The Morgan fingerprint density at radius 1 is 1.08 bits per heavy atom. The second-order valence-corrected chi connectivity index (χ2v) is 8.41. The molecule has 2 aliphatic rings. The SMILES string of the molecule is CCC=CCCSCC[C@H]1[C@@H](C/C=C\CCCC(=O)O)[C@H]2CC[C@@H]1O2.